The molecule has 1 N–H and O–H groups in total. The number of hydrogen-bond acceptors (Lipinski definition) is 3. The molecule has 3 rings (SSSR count). The first-order chi connectivity index (χ1) is 8.56. The summed E-state index contributed by atoms with van der Waals surface area (Å²) in [6.07, 6.45) is 4.48. The van der Waals surface area contributed by atoms with E-state index in [4.69, 9.17) is 0 Å². The molecule has 2 unspecified atom stereocenters. The minimum Gasteiger partial charge on any atom is -0.311 e. The van der Waals surface area contributed by atoms with Gasteiger partial charge in [0, 0.05) is 30.7 Å². The number of Topliss-reactive ketones (excluding diaryl/α,β-unsaturated/α-hetero) is 1. The highest BCUT2D eigenvalue weighted by Crippen LogP contribution is 2.33. The molecule has 1 aromatic heterocycles. The highest BCUT2D eigenvalue weighted by Gasteiger charge is 2.38. The van der Waals surface area contributed by atoms with Crippen LogP contribution in [0.3, 0.4) is 0 Å². The van der Waals surface area contributed by atoms with Crippen molar-refractivity contribution in [3.63, 3.8) is 0 Å². The predicted molar refractivity (Wildman–Crippen MR) is 69.7 cm³/mol. The first-order valence-electron chi connectivity index (χ1n) is 6.86. The van der Waals surface area contributed by atoms with Crippen LogP contribution in [0.4, 0.5) is 0 Å². The van der Waals surface area contributed by atoms with Crippen LogP contribution in [0.25, 0.3) is 0 Å². The Kier molecular flexibility index (Phi) is 2.77. The second-order valence-corrected chi connectivity index (χ2v) is 5.84. The van der Waals surface area contributed by atoms with Gasteiger partial charge in [0.15, 0.2) is 5.78 Å². The summed E-state index contributed by atoms with van der Waals surface area (Å²) >= 11 is 0. The standard InChI is InChI=1S/C14H21N3O/c1-8-13(9(2)17(3)16-8)14(18)10-6-11-4-5-12(7-10)15-11/h10-12,15H,4-7H2,1-3H3. The van der Waals surface area contributed by atoms with Crippen molar-refractivity contribution in [3.05, 3.63) is 17.0 Å². The van der Waals surface area contributed by atoms with E-state index in [0.717, 1.165) is 29.8 Å². The molecule has 0 aromatic carbocycles. The lowest BCUT2D eigenvalue weighted by atomic mass is 9.85. The quantitative estimate of drug-likeness (QED) is 0.810. The van der Waals surface area contributed by atoms with Crippen LogP contribution >= 0.6 is 0 Å². The van der Waals surface area contributed by atoms with Gasteiger partial charge in [0.25, 0.3) is 0 Å². The molecule has 2 bridgehead atoms. The van der Waals surface area contributed by atoms with Gasteiger partial charge >= 0.3 is 0 Å². The number of ketones is 1. The van der Waals surface area contributed by atoms with Gasteiger partial charge in [0.05, 0.1) is 11.3 Å². The van der Waals surface area contributed by atoms with E-state index < -0.39 is 0 Å². The van der Waals surface area contributed by atoms with Crippen molar-refractivity contribution in [1.29, 1.82) is 0 Å². The smallest absolute Gasteiger partial charge is 0.169 e. The third-order valence-electron chi connectivity index (χ3n) is 4.60. The van der Waals surface area contributed by atoms with Crippen molar-refractivity contribution in [1.82, 2.24) is 15.1 Å². The molecule has 0 saturated carbocycles. The molecule has 0 radical (unpaired) electrons. The van der Waals surface area contributed by atoms with Crippen LogP contribution in [0.1, 0.15) is 47.4 Å². The molecule has 3 heterocycles. The van der Waals surface area contributed by atoms with Crippen molar-refractivity contribution >= 4 is 5.78 Å². The van der Waals surface area contributed by atoms with Gasteiger partial charge in [0.2, 0.25) is 0 Å². The summed E-state index contributed by atoms with van der Waals surface area (Å²) in [5.41, 5.74) is 2.75. The van der Waals surface area contributed by atoms with Crippen molar-refractivity contribution in [2.24, 2.45) is 13.0 Å². The van der Waals surface area contributed by atoms with Crippen molar-refractivity contribution in [3.8, 4) is 0 Å². The van der Waals surface area contributed by atoms with Gasteiger partial charge in [-0.05, 0) is 39.5 Å². The van der Waals surface area contributed by atoms with Crippen LogP contribution in [-0.4, -0.2) is 27.6 Å². The molecule has 2 aliphatic rings. The monoisotopic (exact) mass is 247 g/mol. The van der Waals surface area contributed by atoms with Crippen LogP contribution in [0, 0.1) is 19.8 Å². The maximum atomic E-state index is 12.7. The van der Waals surface area contributed by atoms with E-state index in [1.165, 1.54) is 12.8 Å². The van der Waals surface area contributed by atoms with Gasteiger partial charge in [0.1, 0.15) is 0 Å². The van der Waals surface area contributed by atoms with Crippen LogP contribution in [0.15, 0.2) is 0 Å². The molecule has 2 aliphatic heterocycles. The van der Waals surface area contributed by atoms with Gasteiger partial charge in [-0.2, -0.15) is 5.10 Å². The maximum absolute atomic E-state index is 12.7. The summed E-state index contributed by atoms with van der Waals surface area (Å²) in [6, 6.07) is 1.13. The minimum absolute atomic E-state index is 0.199. The molecule has 0 spiro atoms. The Hall–Kier alpha value is -1.16. The normalized spacial score (nSPS) is 30.7. The highest BCUT2D eigenvalue weighted by molar-refractivity contribution is 6.00. The molecule has 4 heteroatoms. The number of nitrogens with one attached hydrogen (secondary N) is 1. The molecule has 2 saturated heterocycles. The number of fused-ring (bicyclic) bond motifs is 2. The summed E-state index contributed by atoms with van der Waals surface area (Å²) in [6.45, 7) is 3.93. The van der Waals surface area contributed by atoms with Crippen molar-refractivity contribution < 1.29 is 4.79 Å². The number of carbonyl (C=O) groups is 1. The number of aromatic nitrogens is 2. The van der Waals surface area contributed by atoms with Crippen LogP contribution in [-0.2, 0) is 7.05 Å². The summed E-state index contributed by atoms with van der Waals surface area (Å²) in [4.78, 5) is 12.7. The average molecular weight is 247 g/mol. The fourth-order valence-electron chi connectivity index (χ4n) is 3.61. The van der Waals surface area contributed by atoms with E-state index in [1.807, 2.05) is 25.6 Å². The maximum Gasteiger partial charge on any atom is 0.169 e. The Morgan fingerprint density at radius 1 is 1.28 bits per heavy atom. The summed E-state index contributed by atoms with van der Waals surface area (Å²) in [5, 5.41) is 7.95. The van der Waals surface area contributed by atoms with E-state index >= 15 is 0 Å². The largest absolute Gasteiger partial charge is 0.311 e. The topological polar surface area (TPSA) is 46.9 Å². The van der Waals surface area contributed by atoms with Crippen molar-refractivity contribution in [2.75, 3.05) is 0 Å². The molecule has 98 valence electrons. The highest BCUT2D eigenvalue weighted by atomic mass is 16.1. The molecule has 0 amide bonds. The van der Waals surface area contributed by atoms with Crippen LogP contribution in [0.2, 0.25) is 0 Å². The second kappa shape index (κ2) is 4.19. The van der Waals surface area contributed by atoms with Gasteiger partial charge < -0.3 is 5.32 Å². The van der Waals surface area contributed by atoms with Crippen LogP contribution in [0.5, 0.6) is 0 Å². The number of carbonyl (C=O) groups excluding carboxylic acids is 1. The molecule has 4 nitrogen and oxygen atoms in total. The lowest BCUT2D eigenvalue weighted by Gasteiger charge is -2.28. The van der Waals surface area contributed by atoms with Crippen LogP contribution < -0.4 is 5.32 Å². The minimum atomic E-state index is 0.199. The Labute approximate surface area is 108 Å². The average Bonchev–Trinajstić information content (AvgIpc) is 2.79. The van der Waals surface area contributed by atoms with Gasteiger partial charge in [-0.25, -0.2) is 0 Å². The Morgan fingerprint density at radius 2 is 1.89 bits per heavy atom. The summed E-state index contributed by atoms with van der Waals surface area (Å²) < 4.78 is 1.82. The fraction of sp³-hybridized carbons (Fsp3) is 0.714. The first-order valence-corrected chi connectivity index (χ1v) is 6.86. The first kappa shape index (κ1) is 11.9. The van der Waals surface area contributed by atoms with E-state index in [1.54, 1.807) is 0 Å². The Morgan fingerprint density at radius 3 is 2.39 bits per heavy atom. The number of piperidine rings is 1. The lowest BCUT2D eigenvalue weighted by molar-refractivity contribution is 0.0874. The fourth-order valence-corrected chi connectivity index (χ4v) is 3.61. The van der Waals surface area contributed by atoms with E-state index in [-0.39, 0.29) is 5.92 Å². The third-order valence-corrected chi connectivity index (χ3v) is 4.60. The zero-order chi connectivity index (χ0) is 12.9. The number of hydrogen-bond donors (Lipinski definition) is 1. The second-order valence-electron chi connectivity index (χ2n) is 5.84. The van der Waals surface area contributed by atoms with E-state index in [2.05, 4.69) is 10.4 Å². The zero-order valence-corrected chi connectivity index (χ0v) is 11.4. The molecular weight excluding hydrogens is 226 g/mol. The molecule has 2 fully saturated rings. The van der Waals surface area contributed by atoms with E-state index in [9.17, 15) is 4.79 Å². The van der Waals surface area contributed by atoms with Gasteiger partial charge in [-0.3, -0.25) is 9.48 Å². The summed E-state index contributed by atoms with van der Waals surface area (Å²) in [7, 11) is 1.91. The van der Waals surface area contributed by atoms with Gasteiger partial charge in [-0.15, -0.1) is 0 Å². The Bertz CT molecular complexity index is 479. The number of nitrogens with zero attached hydrogens (tertiary/aromatic N) is 2. The summed E-state index contributed by atoms with van der Waals surface area (Å²) in [5.74, 6) is 0.516. The number of rotatable bonds is 2. The Balaban J connectivity index is 1.86. The molecule has 0 aliphatic carbocycles. The van der Waals surface area contributed by atoms with E-state index in [0.29, 0.717) is 17.9 Å². The van der Waals surface area contributed by atoms with Gasteiger partial charge in [-0.1, -0.05) is 0 Å². The zero-order valence-electron chi connectivity index (χ0n) is 11.4. The van der Waals surface area contributed by atoms with Crippen molar-refractivity contribution in [2.45, 2.75) is 51.6 Å². The SMILES string of the molecule is Cc1nn(C)c(C)c1C(=O)C1CC2CCC(C1)N2. The molecule has 2 atom stereocenters. The molecular formula is C14H21N3O. The molecule has 18 heavy (non-hydrogen) atoms. The number of aryl methyl sites for hydroxylation is 2. The predicted octanol–water partition coefficient (Wildman–Crippen LogP) is 1.75. The molecule has 1 aromatic rings. The lowest BCUT2D eigenvalue weighted by Crippen LogP contribution is -2.40. The third kappa shape index (κ3) is 1.79.